The third-order valence-corrected chi connectivity index (χ3v) is 2.63. The van der Waals surface area contributed by atoms with Gasteiger partial charge >= 0.3 is 5.76 Å². The molecule has 0 radical (unpaired) electrons. The Labute approximate surface area is 104 Å². The summed E-state index contributed by atoms with van der Waals surface area (Å²) in [5.41, 5.74) is 2.17. The van der Waals surface area contributed by atoms with Crippen LogP contribution in [0, 0.1) is 0 Å². The van der Waals surface area contributed by atoms with Crippen LogP contribution in [0.1, 0.15) is 12.0 Å². The van der Waals surface area contributed by atoms with E-state index in [9.17, 15) is 4.79 Å². The van der Waals surface area contributed by atoms with Crippen molar-refractivity contribution in [2.45, 2.75) is 13.0 Å². The van der Waals surface area contributed by atoms with Gasteiger partial charge in [0.15, 0.2) is 5.58 Å². The van der Waals surface area contributed by atoms with Crippen molar-refractivity contribution in [3.63, 3.8) is 0 Å². The number of ether oxygens (including phenoxy) is 1. The van der Waals surface area contributed by atoms with E-state index in [1.165, 1.54) is 4.57 Å². The molecule has 1 aromatic heterocycles. The third-order valence-electron chi connectivity index (χ3n) is 2.63. The molecule has 0 fully saturated rings. The zero-order valence-corrected chi connectivity index (χ0v) is 10.1. The molecule has 0 unspecified atom stereocenters. The maximum absolute atomic E-state index is 11.6. The molecule has 5 nitrogen and oxygen atoms in total. The first kappa shape index (κ1) is 12.4. The normalized spacial score (nSPS) is 11.4. The van der Waals surface area contributed by atoms with Gasteiger partial charge in [0.25, 0.3) is 0 Å². The average Bonchev–Trinajstić information content (AvgIpc) is 2.68. The molecular weight excluding hydrogens is 234 g/mol. The van der Waals surface area contributed by atoms with Crippen LogP contribution in [0.5, 0.6) is 0 Å². The second kappa shape index (κ2) is 5.55. The molecule has 0 atom stereocenters. The van der Waals surface area contributed by atoms with E-state index in [-0.39, 0.29) is 6.61 Å². The Morgan fingerprint density at radius 1 is 1.50 bits per heavy atom. The van der Waals surface area contributed by atoms with Gasteiger partial charge in [-0.05, 0) is 30.2 Å². The lowest BCUT2D eigenvalue weighted by Crippen LogP contribution is -2.14. The number of methoxy groups -OCH3 is 1. The molecule has 0 aliphatic heterocycles. The van der Waals surface area contributed by atoms with Gasteiger partial charge in [-0.3, -0.25) is 4.57 Å². The van der Waals surface area contributed by atoms with Crippen molar-refractivity contribution in [1.29, 1.82) is 0 Å². The lowest BCUT2D eigenvalue weighted by Gasteiger charge is -2.00. The fourth-order valence-corrected chi connectivity index (χ4v) is 1.77. The van der Waals surface area contributed by atoms with Gasteiger partial charge in [-0.25, -0.2) is 4.79 Å². The highest BCUT2D eigenvalue weighted by atomic mass is 16.5. The average molecular weight is 249 g/mol. The van der Waals surface area contributed by atoms with Crippen LogP contribution in [0.3, 0.4) is 0 Å². The van der Waals surface area contributed by atoms with Gasteiger partial charge < -0.3 is 14.3 Å². The van der Waals surface area contributed by atoms with Crippen molar-refractivity contribution in [2.75, 3.05) is 13.7 Å². The number of aromatic nitrogens is 1. The summed E-state index contributed by atoms with van der Waals surface area (Å²) < 4.78 is 11.5. The second-order valence-electron chi connectivity index (χ2n) is 3.86. The molecule has 0 bridgehead atoms. The molecule has 0 amide bonds. The highest BCUT2D eigenvalue weighted by molar-refractivity contribution is 5.76. The fraction of sp³-hybridized carbons (Fsp3) is 0.308. The summed E-state index contributed by atoms with van der Waals surface area (Å²) in [6, 6.07) is 5.48. The number of rotatable bonds is 5. The minimum atomic E-state index is -0.397. The number of aryl methyl sites for hydroxylation is 1. The number of hydrogen-bond donors (Lipinski definition) is 1. The van der Waals surface area contributed by atoms with E-state index in [4.69, 9.17) is 14.3 Å². The number of hydrogen-bond acceptors (Lipinski definition) is 4. The van der Waals surface area contributed by atoms with E-state index in [0.717, 1.165) is 11.1 Å². The van der Waals surface area contributed by atoms with Gasteiger partial charge in [-0.15, -0.1) is 0 Å². The van der Waals surface area contributed by atoms with Crippen molar-refractivity contribution in [3.05, 3.63) is 40.6 Å². The number of aliphatic hydroxyl groups is 1. The van der Waals surface area contributed by atoms with Gasteiger partial charge in [-0.2, -0.15) is 0 Å². The van der Waals surface area contributed by atoms with Crippen molar-refractivity contribution >= 4 is 17.2 Å². The van der Waals surface area contributed by atoms with E-state index in [1.54, 1.807) is 25.5 Å². The standard InChI is InChI=1S/C13H15NO4/c1-17-8-5-10-3-4-11-12(9-10)18-13(16)14(11)6-2-7-15/h3-5,8-9,15H,2,6-7H2,1H3. The van der Waals surface area contributed by atoms with Crippen LogP contribution in [0.15, 0.2) is 33.7 Å². The summed E-state index contributed by atoms with van der Waals surface area (Å²) >= 11 is 0. The number of fused-ring (bicyclic) bond motifs is 1. The summed E-state index contributed by atoms with van der Waals surface area (Å²) in [7, 11) is 1.57. The quantitative estimate of drug-likeness (QED) is 0.817. The highest BCUT2D eigenvalue weighted by Gasteiger charge is 2.08. The maximum Gasteiger partial charge on any atom is 0.419 e. The Hall–Kier alpha value is -2.01. The first-order valence-corrected chi connectivity index (χ1v) is 5.70. The summed E-state index contributed by atoms with van der Waals surface area (Å²) in [6.07, 6.45) is 3.87. The van der Waals surface area contributed by atoms with Crippen LogP contribution in [-0.4, -0.2) is 23.4 Å². The number of aliphatic hydroxyl groups excluding tert-OH is 1. The molecule has 2 rings (SSSR count). The fourth-order valence-electron chi connectivity index (χ4n) is 1.77. The highest BCUT2D eigenvalue weighted by Crippen LogP contribution is 2.16. The van der Waals surface area contributed by atoms with Crippen molar-refractivity contribution in [2.24, 2.45) is 0 Å². The zero-order valence-electron chi connectivity index (χ0n) is 10.1. The Morgan fingerprint density at radius 3 is 3.06 bits per heavy atom. The first-order valence-electron chi connectivity index (χ1n) is 5.70. The van der Waals surface area contributed by atoms with Crippen LogP contribution >= 0.6 is 0 Å². The number of nitrogens with zero attached hydrogens (tertiary/aromatic N) is 1. The van der Waals surface area contributed by atoms with Gasteiger partial charge in [0.2, 0.25) is 0 Å². The molecule has 0 aliphatic carbocycles. The number of benzene rings is 1. The summed E-state index contributed by atoms with van der Waals surface area (Å²) in [5, 5.41) is 8.80. The number of oxazole rings is 1. The van der Waals surface area contributed by atoms with Crippen LogP contribution < -0.4 is 5.76 Å². The smallest absolute Gasteiger partial charge is 0.419 e. The Bertz CT molecular complexity index is 609. The van der Waals surface area contributed by atoms with Crippen molar-refractivity contribution in [3.8, 4) is 0 Å². The molecule has 0 spiro atoms. The topological polar surface area (TPSA) is 64.6 Å². The maximum atomic E-state index is 11.6. The van der Waals surface area contributed by atoms with E-state index < -0.39 is 5.76 Å². The molecule has 18 heavy (non-hydrogen) atoms. The lowest BCUT2D eigenvalue weighted by atomic mass is 10.2. The third kappa shape index (κ3) is 2.46. The van der Waals surface area contributed by atoms with E-state index >= 15 is 0 Å². The van der Waals surface area contributed by atoms with Gasteiger partial charge in [0.05, 0.1) is 18.9 Å². The monoisotopic (exact) mass is 249 g/mol. The van der Waals surface area contributed by atoms with Gasteiger partial charge in [-0.1, -0.05) is 6.07 Å². The van der Waals surface area contributed by atoms with E-state index in [0.29, 0.717) is 18.5 Å². The van der Waals surface area contributed by atoms with Crippen LogP contribution in [0.4, 0.5) is 0 Å². The molecule has 1 aromatic carbocycles. The molecule has 1 heterocycles. The van der Waals surface area contributed by atoms with Crippen molar-refractivity contribution < 1.29 is 14.3 Å². The largest absolute Gasteiger partial charge is 0.504 e. The van der Waals surface area contributed by atoms with Crippen LogP contribution in [-0.2, 0) is 11.3 Å². The van der Waals surface area contributed by atoms with Crippen molar-refractivity contribution in [1.82, 2.24) is 4.57 Å². The Morgan fingerprint density at radius 2 is 2.33 bits per heavy atom. The molecule has 0 saturated carbocycles. The van der Waals surface area contributed by atoms with Gasteiger partial charge in [0.1, 0.15) is 0 Å². The molecule has 5 heteroatoms. The van der Waals surface area contributed by atoms with Crippen LogP contribution in [0.25, 0.3) is 17.2 Å². The molecule has 96 valence electrons. The predicted octanol–water partition coefficient (Wildman–Crippen LogP) is 1.59. The summed E-state index contributed by atoms with van der Waals surface area (Å²) in [4.78, 5) is 11.6. The van der Waals surface area contributed by atoms with Gasteiger partial charge in [0, 0.05) is 13.2 Å². The van der Waals surface area contributed by atoms with Crippen LogP contribution in [0.2, 0.25) is 0 Å². The van der Waals surface area contributed by atoms with E-state index in [2.05, 4.69) is 0 Å². The molecule has 2 aromatic rings. The SMILES string of the molecule is COC=Cc1ccc2c(c1)oc(=O)n2CCCO. The molecule has 0 aliphatic rings. The summed E-state index contributed by atoms with van der Waals surface area (Å²) in [6.45, 7) is 0.503. The predicted molar refractivity (Wildman–Crippen MR) is 68.2 cm³/mol. The Balaban J connectivity index is 2.41. The van der Waals surface area contributed by atoms with E-state index in [1.807, 2.05) is 12.1 Å². The lowest BCUT2D eigenvalue weighted by molar-refractivity contribution is 0.278. The molecule has 0 saturated heterocycles. The molecular formula is C13H15NO4. The second-order valence-corrected chi connectivity index (χ2v) is 3.86. The summed E-state index contributed by atoms with van der Waals surface area (Å²) in [5.74, 6) is -0.397. The first-order chi connectivity index (χ1) is 8.76. The zero-order chi connectivity index (χ0) is 13.0. The Kier molecular flexibility index (Phi) is 3.84. The molecule has 1 N–H and O–H groups in total. The minimum Gasteiger partial charge on any atom is -0.504 e. The minimum absolute atomic E-state index is 0.0494.